The van der Waals surface area contributed by atoms with Crippen LogP contribution in [0, 0.1) is 19.3 Å². The van der Waals surface area contributed by atoms with Crippen LogP contribution in [0.3, 0.4) is 0 Å². The molecule has 1 aliphatic carbocycles. The number of ether oxygens (including phenoxy) is 1. The van der Waals surface area contributed by atoms with Crippen LogP contribution in [-0.2, 0) is 19.6 Å². The van der Waals surface area contributed by atoms with Crippen LogP contribution in [0.1, 0.15) is 48.9 Å². The van der Waals surface area contributed by atoms with Crippen molar-refractivity contribution in [2.75, 3.05) is 0 Å². The first-order valence-corrected chi connectivity index (χ1v) is 11.5. The number of rotatable bonds is 3. The van der Waals surface area contributed by atoms with E-state index in [9.17, 15) is 13.2 Å². The van der Waals surface area contributed by atoms with Crippen LogP contribution in [0.15, 0.2) is 53.4 Å². The molecule has 0 N–H and O–H groups in total. The summed E-state index contributed by atoms with van der Waals surface area (Å²) in [6.07, 6.45) is 1.21. The lowest BCUT2D eigenvalue weighted by Crippen LogP contribution is -2.60. The van der Waals surface area contributed by atoms with E-state index in [2.05, 4.69) is 0 Å². The van der Waals surface area contributed by atoms with Crippen molar-refractivity contribution < 1.29 is 17.9 Å². The largest absolute Gasteiger partial charge is 0.345 e. The number of benzene rings is 2. The molecule has 5 rings (SSSR count). The molecule has 2 bridgehead atoms. The summed E-state index contributed by atoms with van der Waals surface area (Å²) in [5.41, 5.74) is 0.985. The predicted molar refractivity (Wildman–Crippen MR) is 109 cm³/mol. The van der Waals surface area contributed by atoms with Crippen molar-refractivity contribution >= 4 is 15.8 Å². The molecule has 0 aromatic heterocycles. The quantitative estimate of drug-likeness (QED) is 0.768. The zero-order valence-electron chi connectivity index (χ0n) is 16.9. The van der Waals surface area contributed by atoms with Crippen LogP contribution >= 0.6 is 0 Å². The number of aryl methyl sites for hydroxylation is 2. The van der Waals surface area contributed by atoms with Gasteiger partial charge in [0, 0.05) is 0 Å². The molecule has 1 spiro atoms. The molecule has 2 saturated heterocycles. The van der Waals surface area contributed by atoms with E-state index < -0.39 is 33.3 Å². The fourth-order valence-corrected chi connectivity index (χ4v) is 7.40. The number of carbonyl (C=O) groups is 1. The van der Waals surface area contributed by atoms with Crippen molar-refractivity contribution in [1.82, 2.24) is 4.31 Å². The molecule has 0 unspecified atom stereocenters. The summed E-state index contributed by atoms with van der Waals surface area (Å²) in [5, 5.41) is 0. The van der Waals surface area contributed by atoms with E-state index in [1.165, 1.54) is 4.31 Å². The number of nitrogens with zero attached hydrogens (tertiary/aromatic N) is 1. The summed E-state index contributed by atoms with van der Waals surface area (Å²) in [6.45, 7) is 5.79. The molecule has 2 aromatic carbocycles. The maximum atomic E-state index is 13.9. The minimum Gasteiger partial charge on any atom is -0.345 e. The van der Waals surface area contributed by atoms with Gasteiger partial charge in [-0.05, 0) is 57.7 Å². The van der Waals surface area contributed by atoms with E-state index in [-0.39, 0.29) is 10.7 Å². The lowest BCUT2D eigenvalue weighted by Gasteiger charge is -2.45. The molecule has 0 radical (unpaired) electrons. The van der Waals surface area contributed by atoms with Gasteiger partial charge in [0.25, 0.3) is 0 Å². The Bertz CT molecular complexity index is 1090. The van der Waals surface area contributed by atoms with Crippen LogP contribution in [-0.4, -0.2) is 30.3 Å². The minimum atomic E-state index is -3.86. The van der Waals surface area contributed by atoms with Gasteiger partial charge in [0.15, 0.2) is 5.78 Å². The highest BCUT2D eigenvalue weighted by atomic mass is 32.2. The number of piperidine rings is 1. The molecule has 29 heavy (non-hydrogen) atoms. The molecule has 5 nitrogen and oxygen atoms in total. The third-order valence-electron chi connectivity index (χ3n) is 7.07. The average Bonchev–Trinajstić information content (AvgIpc) is 3.28. The Morgan fingerprint density at radius 3 is 2.17 bits per heavy atom. The molecule has 4 atom stereocenters. The number of hydrogen-bond acceptors (Lipinski definition) is 4. The summed E-state index contributed by atoms with van der Waals surface area (Å²) in [5.74, 6) is 0.0379. The van der Waals surface area contributed by atoms with Gasteiger partial charge >= 0.3 is 0 Å². The molecule has 0 amide bonds. The van der Waals surface area contributed by atoms with Gasteiger partial charge in [-0.25, -0.2) is 8.42 Å². The molecule has 2 heterocycles. The van der Waals surface area contributed by atoms with E-state index in [0.29, 0.717) is 12.8 Å². The fraction of sp³-hybridized carbons (Fsp3) is 0.435. The van der Waals surface area contributed by atoms with E-state index in [4.69, 9.17) is 4.74 Å². The van der Waals surface area contributed by atoms with Crippen LogP contribution in [0.25, 0.3) is 0 Å². The SMILES string of the molecule is Cc1ccc([C@@H]2[C@H]3O[C@@]4(CCC[C@]4(C)C3=O)N2S(=O)(=O)c2ccc(C)cc2)cc1. The van der Waals surface area contributed by atoms with Gasteiger partial charge in [0.2, 0.25) is 10.0 Å². The maximum Gasteiger partial charge on any atom is 0.246 e. The molecule has 6 heteroatoms. The second kappa shape index (κ2) is 6.00. The van der Waals surface area contributed by atoms with Crippen molar-refractivity contribution in [3.05, 3.63) is 65.2 Å². The predicted octanol–water partition coefficient (Wildman–Crippen LogP) is 3.90. The van der Waals surface area contributed by atoms with Gasteiger partial charge < -0.3 is 4.74 Å². The van der Waals surface area contributed by atoms with E-state index >= 15 is 0 Å². The summed E-state index contributed by atoms with van der Waals surface area (Å²) in [7, 11) is -3.86. The summed E-state index contributed by atoms with van der Waals surface area (Å²) in [6, 6.07) is 14.0. The highest BCUT2D eigenvalue weighted by molar-refractivity contribution is 7.89. The lowest BCUT2D eigenvalue weighted by atomic mass is 9.73. The zero-order chi connectivity index (χ0) is 20.6. The number of fused-ring (bicyclic) bond motifs is 1. The summed E-state index contributed by atoms with van der Waals surface area (Å²) >= 11 is 0. The first-order valence-electron chi connectivity index (χ1n) is 10.1. The Hall–Kier alpha value is -2.02. The van der Waals surface area contributed by atoms with Crippen molar-refractivity contribution in [2.45, 2.75) is 62.8 Å². The highest BCUT2D eigenvalue weighted by Gasteiger charge is 2.77. The Morgan fingerprint density at radius 2 is 1.55 bits per heavy atom. The first-order chi connectivity index (χ1) is 13.7. The average molecular weight is 412 g/mol. The molecule has 152 valence electrons. The number of hydrogen-bond donors (Lipinski definition) is 0. The third-order valence-corrected chi connectivity index (χ3v) is 8.98. The Kier molecular flexibility index (Phi) is 3.93. The molecule has 3 aliphatic rings. The normalized spacial score (nSPS) is 34.0. The highest BCUT2D eigenvalue weighted by Crippen LogP contribution is 2.66. The topological polar surface area (TPSA) is 63.7 Å². The number of sulfonamides is 1. The standard InChI is InChI=1S/C23H25NO4S/c1-15-5-9-17(10-6-15)19-20-21(25)22(3)13-4-14-23(22,28-20)24(19)29(26,27)18-11-7-16(2)8-12-18/h5-12,19-20H,4,13-14H2,1-3H3/t19-,20-,22-,23-/m1/s1. The van der Waals surface area contributed by atoms with Crippen LogP contribution < -0.4 is 0 Å². The van der Waals surface area contributed by atoms with Crippen molar-refractivity contribution in [2.24, 2.45) is 5.41 Å². The van der Waals surface area contributed by atoms with Crippen LogP contribution in [0.5, 0.6) is 0 Å². The maximum absolute atomic E-state index is 13.9. The van der Waals surface area contributed by atoms with Gasteiger partial charge in [-0.1, -0.05) is 47.5 Å². The van der Waals surface area contributed by atoms with Crippen molar-refractivity contribution in [3.63, 3.8) is 0 Å². The van der Waals surface area contributed by atoms with Gasteiger partial charge in [0.1, 0.15) is 11.8 Å². The van der Waals surface area contributed by atoms with Gasteiger partial charge in [-0.3, -0.25) is 4.79 Å². The van der Waals surface area contributed by atoms with E-state index in [1.54, 1.807) is 24.3 Å². The van der Waals surface area contributed by atoms with Crippen LogP contribution in [0.2, 0.25) is 0 Å². The monoisotopic (exact) mass is 411 g/mol. The molecule has 1 saturated carbocycles. The van der Waals surface area contributed by atoms with Gasteiger partial charge in [-0.2, -0.15) is 4.31 Å². The third kappa shape index (κ3) is 2.34. The Morgan fingerprint density at radius 1 is 0.966 bits per heavy atom. The first kappa shape index (κ1) is 19.0. The molecule has 2 aromatic rings. The zero-order valence-corrected chi connectivity index (χ0v) is 17.7. The molecule has 2 aliphatic heterocycles. The van der Waals surface area contributed by atoms with E-state index in [1.807, 2.05) is 45.0 Å². The summed E-state index contributed by atoms with van der Waals surface area (Å²) in [4.78, 5) is 13.6. The molecular formula is C23H25NO4S. The summed E-state index contributed by atoms with van der Waals surface area (Å²) < 4.78 is 35.7. The van der Waals surface area contributed by atoms with Crippen LogP contribution in [0.4, 0.5) is 0 Å². The van der Waals surface area contributed by atoms with Crippen molar-refractivity contribution in [3.8, 4) is 0 Å². The second-order valence-electron chi connectivity index (χ2n) is 8.84. The number of carbonyl (C=O) groups excluding carboxylic acids is 1. The Labute approximate surface area is 171 Å². The van der Waals surface area contributed by atoms with Crippen molar-refractivity contribution in [1.29, 1.82) is 0 Å². The number of Topliss-reactive ketones (excluding diaryl/α,β-unsaturated/α-hetero) is 1. The molecular weight excluding hydrogens is 386 g/mol. The second-order valence-corrected chi connectivity index (χ2v) is 10.7. The number of ketones is 1. The minimum absolute atomic E-state index is 0.0379. The van der Waals surface area contributed by atoms with Gasteiger partial charge in [0.05, 0.1) is 16.4 Å². The fourth-order valence-electron chi connectivity index (χ4n) is 5.44. The van der Waals surface area contributed by atoms with E-state index in [0.717, 1.165) is 23.1 Å². The lowest BCUT2D eigenvalue weighted by molar-refractivity contribution is -0.134. The van der Waals surface area contributed by atoms with Gasteiger partial charge in [-0.15, -0.1) is 0 Å². The molecule has 3 fully saturated rings. The Balaban J connectivity index is 1.72. The smallest absolute Gasteiger partial charge is 0.246 e.